The largest absolute Gasteiger partial charge is 4.00 e. The van der Waals surface area contributed by atoms with E-state index in [0.29, 0.717) is 0 Å². The molecule has 0 amide bonds. The van der Waals surface area contributed by atoms with Crippen LogP contribution in [0.1, 0.15) is 0 Å². The number of hydrogen-bond donors (Lipinski definition) is 0. The quantitative estimate of drug-likeness (QED) is 0.279. The minimum absolute atomic E-state index is 0. The maximum Gasteiger partial charge on any atom is 4.00 e. The Morgan fingerprint density at radius 3 is 0.176 bits per heavy atom. The molecule has 17 heavy (non-hydrogen) atoms. The zero-order valence-corrected chi connectivity index (χ0v) is 17.8. The minimum Gasteiger partial charge on any atom is -2.00 e. The molecule has 17 heteroatoms. The van der Waals surface area contributed by atoms with Gasteiger partial charge in [-0.15, -0.1) is 0 Å². The first-order chi connectivity index (χ1) is 0. The van der Waals surface area contributed by atoms with Crippen LogP contribution in [0.2, 0.25) is 0 Å². The van der Waals surface area contributed by atoms with Gasteiger partial charge in [0.15, 0.2) is 0 Å². The van der Waals surface area contributed by atoms with Crippen molar-refractivity contribution < 1.29 is 137 Å². The fourth-order valence-electron chi connectivity index (χ4n) is 0. The van der Waals surface area contributed by atoms with Gasteiger partial charge in [0.1, 0.15) is 0 Å². The molecule has 0 unspecified atom stereocenters. The first kappa shape index (κ1) is 1030. The third-order valence-electron chi connectivity index (χ3n) is 0. The fraction of sp³-hybridized carbons (Fsp3) is 0. The Kier molecular flexibility index (Phi) is 52800. The van der Waals surface area contributed by atoms with Gasteiger partial charge >= 0.3 is 104 Å². The summed E-state index contributed by atoms with van der Waals surface area (Å²) in [4.78, 5) is 0. The fourth-order valence-corrected chi connectivity index (χ4v) is 0. The third kappa shape index (κ3) is 777. The monoisotopic (exact) mass is 554 g/mol. The van der Waals surface area contributed by atoms with Crippen LogP contribution in [0.3, 0.4) is 0 Å². The molecule has 0 aliphatic carbocycles. The second-order valence-corrected chi connectivity index (χ2v) is 0. The van der Waals surface area contributed by atoms with E-state index >= 15 is 0 Å². The second kappa shape index (κ2) is 873. The summed E-state index contributed by atoms with van der Waals surface area (Å²) < 4.78 is 0. The van der Waals surface area contributed by atoms with E-state index < -0.39 is 0 Å². The zero-order chi connectivity index (χ0) is 0. The molecular formula is La2O12Si3-6. The van der Waals surface area contributed by atoms with Crippen molar-refractivity contribution in [1.29, 1.82) is 0 Å². The molecule has 12 nitrogen and oxygen atoms in total. The van der Waals surface area contributed by atoms with Crippen LogP contribution in [-0.4, -0.2) is 32.9 Å². The van der Waals surface area contributed by atoms with E-state index in [2.05, 4.69) is 0 Å². The molecule has 0 N–H and O–H groups in total. The van der Waals surface area contributed by atoms with Crippen molar-refractivity contribution in [1.82, 2.24) is 0 Å². The molecule has 0 radical (unpaired) electrons. The molecule has 0 aliphatic rings. The molecule has 0 aliphatic heterocycles. The maximum absolute atomic E-state index is 0. The molecule has 0 aromatic rings. The first-order valence-corrected chi connectivity index (χ1v) is 0. The molecule has 0 aromatic carbocycles. The van der Waals surface area contributed by atoms with Crippen LogP contribution in [-0.2, 0) is 65.7 Å². The van der Waals surface area contributed by atoms with Crippen LogP contribution in [0.15, 0.2) is 0 Å². The van der Waals surface area contributed by atoms with E-state index in [1.807, 2.05) is 0 Å². The van der Waals surface area contributed by atoms with E-state index in [1.54, 1.807) is 0 Å². The summed E-state index contributed by atoms with van der Waals surface area (Å²) in [6, 6.07) is 0. The summed E-state index contributed by atoms with van der Waals surface area (Å²) in [5, 5.41) is 0. The molecule has 0 heterocycles. The molecule has 0 saturated carbocycles. The van der Waals surface area contributed by atoms with Crippen LogP contribution in [0.4, 0.5) is 0 Å². The first-order valence-electron chi connectivity index (χ1n) is 0. The van der Waals surface area contributed by atoms with Gasteiger partial charge in [0.05, 0.1) is 0 Å². The van der Waals surface area contributed by atoms with E-state index in [1.165, 1.54) is 0 Å². The topological polar surface area (TPSA) is 342 Å². The van der Waals surface area contributed by atoms with E-state index in [-0.39, 0.29) is 170 Å². The predicted molar refractivity (Wildman–Crippen MR) is 25.5 cm³/mol. The van der Waals surface area contributed by atoms with Crippen molar-refractivity contribution in [3.63, 3.8) is 0 Å². The van der Waals surface area contributed by atoms with Crippen molar-refractivity contribution >= 4 is 32.9 Å². The van der Waals surface area contributed by atoms with Crippen LogP contribution >= 0.6 is 0 Å². The normalized spacial score (nSPS) is 0. The van der Waals surface area contributed by atoms with Gasteiger partial charge in [0.25, 0.3) is 0 Å². The molecule has 96 valence electrons. The van der Waals surface area contributed by atoms with Gasteiger partial charge in [-0.25, -0.2) is 0 Å². The third-order valence-corrected chi connectivity index (χ3v) is 0. The van der Waals surface area contributed by atoms with Crippen molar-refractivity contribution in [3.05, 3.63) is 0 Å². The van der Waals surface area contributed by atoms with E-state index in [0.717, 1.165) is 0 Å². The van der Waals surface area contributed by atoms with Gasteiger partial charge in [-0.1, -0.05) is 0 Å². The van der Waals surface area contributed by atoms with Crippen LogP contribution < -0.4 is 0 Å². The Labute approximate surface area is 168 Å². The van der Waals surface area contributed by atoms with Gasteiger partial charge < -0.3 is 65.7 Å². The Balaban J connectivity index is 0. The Bertz CT molecular complexity index is 19.7. The SMILES string of the molecule is [La+3].[La+3].[O-2].[O-2].[O-2].[O-2].[O-2].[O-2].[O-2].[O-2].[O-2].[O-2].[O-2].[O-2].[Si+4].[Si+4].[Si+4]. The van der Waals surface area contributed by atoms with Gasteiger partial charge in [0.2, 0.25) is 0 Å². The molecule has 0 aromatic heterocycles. The maximum atomic E-state index is 0. The molecule has 0 rings (SSSR count). The van der Waals surface area contributed by atoms with Gasteiger partial charge in [-0.05, 0) is 0 Å². The van der Waals surface area contributed by atoms with Gasteiger partial charge in [-0.3, -0.25) is 0 Å². The molecule has 0 spiro atoms. The molecule has 0 atom stereocenters. The second-order valence-electron chi connectivity index (χ2n) is 0. The van der Waals surface area contributed by atoms with Crippen molar-refractivity contribution in [2.75, 3.05) is 0 Å². The van der Waals surface area contributed by atoms with Crippen molar-refractivity contribution in [2.45, 2.75) is 0 Å². The van der Waals surface area contributed by atoms with Gasteiger partial charge in [-0.2, -0.15) is 0 Å². The van der Waals surface area contributed by atoms with Crippen LogP contribution in [0.25, 0.3) is 0 Å². The van der Waals surface area contributed by atoms with Crippen molar-refractivity contribution in [2.24, 2.45) is 0 Å². The smallest absolute Gasteiger partial charge is 2.00 e. The van der Waals surface area contributed by atoms with Crippen LogP contribution in [0, 0.1) is 71.2 Å². The van der Waals surface area contributed by atoms with Crippen LogP contribution in [0.5, 0.6) is 0 Å². The summed E-state index contributed by atoms with van der Waals surface area (Å²) >= 11 is 0. The van der Waals surface area contributed by atoms with Gasteiger partial charge in [0, 0.05) is 0 Å². The Morgan fingerprint density at radius 1 is 0.176 bits per heavy atom. The summed E-state index contributed by atoms with van der Waals surface area (Å²) in [6.45, 7) is 0. The molecule has 0 bridgehead atoms. The standard InChI is InChI=1S/2La.12O.3Si/q2*+3;12*-2;3*+4. The molecule has 0 saturated heterocycles. The molecule has 0 fully saturated rings. The minimum atomic E-state index is 0. The molecular weight excluding hydrogens is 554 g/mol. The zero-order valence-electron chi connectivity index (χ0n) is 7.55. The van der Waals surface area contributed by atoms with E-state index in [4.69, 9.17) is 0 Å². The summed E-state index contributed by atoms with van der Waals surface area (Å²) in [7, 11) is 0. The summed E-state index contributed by atoms with van der Waals surface area (Å²) in [5.74, 6) is 0. The number of rotatable bonds is 0. The van der Waals surface area contributed by atoms with E-state index in [9.17, 15) is 0 Å². The summed E-state index contributed by atoms with van der Waals surface area (Å²) in [5.41, 5.74) is 0. The Morgan fingerprint density at radius 2 is 0.176 bits per heavy atom. The van der Waals surface area contributed by atoms with Crippen molar-refractivity contribution in [3.8, 4) is 0 Å². The average molecular weight is 554 g/mol. The average Bonchev–Trinajstić information content (AvgIpc) is 0. The summed E-state index contributed by atoms with van der Waals surface area (Å²) in [6.07, 6.45) is 0. The predicted octanol–water partition coefficient (Wildman–Crippen LogP) is -2.57. The number of hydrogen-bond acceptors (Lipinski definition) is 0. The Hall–Kier alpha value is 2.56.